The Morgan fingerprint density at radius 2 is 2.03 bits per heavy atom. The molecule has 34 heavy (non-hydrogen) atoms. The van der Waals surface area contributed by atoms with Crippen molar-refractivity contribution in [3.63, 3.8) is 0 Å². The van der Waals surface area contributed by atoms with Gasteiger partial charge in [0.1, 0.15) is 5.01 Å². The van der Waals surface area contributed by atoms with E-state index in [-0.39, 0.29) is 5.91 Å². The fourth-order valence-corrected chi connectivity index (χ4v) is 5.57. The molecule has 1 N–H and O–H groups in total. The zero-order valence-corrected chi connectivity index (χ0v) is 20.8. The molecule has 3 heterocycles. The number of nitrogens with one attached hydrogen (secondary N) is 1. The Morgan fingerprint density at radius 1 is 1.24 bits per heavy atom. The summed E-state index contributed by atoms with van der Waals surface area (Å²) >= 11 is 1.69. The molecule has 180 valence electrons. The molecule has 0 saturated carbocycles. The Morgan fingerprint density at radius 3 is 2.79 bits per heavy atom. The minimum absolute atomic E-state index is 0.0510. The van der Waals surface area contributed by atoms with Crippen molar-refractivity contribution in [1.29, 1.82) is 0 Å². The van der Waals surface area contributed by atoms with Gasteiger partial charge in [0.25, 0.3) is 5.91 Å². The summed E-state index contributed by atoms with van der Waals surface area (Å²) in [5, 5.41) is 11.8. The molecular weight excluding hydrogens is 446 g/mol. The smallest absolute Gasteiger partial charge is 0.274 e. The summed E-state index contributed by atoms with van der Waals surface area (Å²) in [5.41, 5.74) is 5.19. The number of fused-ring (bicyclic) bond motifs is 1. The number of amides is 1. The van der Waals surface area contributed by atoms with E-state index in [1.54, 1.807) is 11.3 Å². The number of ether oxygens (including phenoxy) is 1. The van der Waals surface area contributed by atoms with Crippen LogP contribution in [0.5, 0.6) is 0 Å². The van der Waals surface area contributed by atoms with Crippen molar-refractivity contribution < 1.29 is 9.53 Å². The molecule has 5 rings (SSSR count). The van der Waals surface area contributed by atoms with Gasteiger partial charge in [-0.25, -0.2) is 4.98 Å². The molecular formula is C26H33N5O2S. The summed E-state index contributed by atoms with van der Waals surface area (Å²) in [6.45, 7) is 8.46. The number of morpholine rings is 1. The number of carbonyl (C=O) groups excluding carboxylic acids is 1. The summed E-state index contributed by atoms with van der Waals surface area (Å²) in [4.78, 5) is 20.1. The highest BCUT2D eigenvalue weighted by Crippen LogP contribution is 2.28. The average molecular weight is 480 g/mol. The monoisotopic (exact) mass is 479 g/mol. The third kappa shape index (κ3) is 5.09. The molecule has 1 aliphatic carbocycles. The van der Waals surface area contributed by atoms with Crippen molar-refractivity contribution in [2.45, 2.75) is 52.2 Å². The number of rotatable bonds is 7. The van der Waals surface area contributed by atoms with Gasteiger partial charge < -0.3 is 15.0 Å². The van der Waals surface area contributed by atoms with Gasteiger partial charge >= 0.3 is 0 Å². The minimum atomic E-state index is 0.0510. The molecule has 2 aliphatic rings. The Hall–Kier alpha value is -2.55. The fourth-order valence-electron chi connectivity index (χ4n) is 4.81. The molecule has 8 heteroatoms. The van der Waals surface area contributed by atoms with Crippen LogP contribution in [0.4, 0.5) is 0 Å². The molecule has 1 saturated heterocycles. The quantitative estimate of drug-likeness (QED) is 0.558. The maximum absolute atomic E-state index is 13.4. The molecule has 3 aromatic rings. The van der Waals surface area contributed by atoms with Crippen LogP contribution < -0.4 is 5.32 Å². The van der Waals surface area contributed by atoms with Crippen LogP contribution in [0.3, 0.4) is 0 Å². The van der Waals surface area contributed by atoms with E-state index in [0.29, 0.717) is 44.0 Å². The van der Waals surface area contributed by atoms with Gasteiger partial charge in [-0.2, -0.15) is 5.10 Å². The van der Waals surface area contributed by atoms with E-state index in [1.807, 2.05) is 23.1 Å². The van der Waals surface area contributed by atoms with Crippen LogP contribution >= 0.6 is 11.3 Å². The van der Waals surface area contributed by atoms with Gasteiger partial charge in [0, 0.05) is 54.4 Å². The summed E-state index contributed by atoms with van der Waals surface area (Å²) in [6.07, 6.45) is 2.81. The third-order valence-corrected chi connectivity index (χ3v) is 7.40. The molecule has 2 aromatic heterocycles. The van der Waals surface area contributed by atoms with Crippen LogP contribution in [0.1, 0.15) is 47.0 Å². The van der Waals surface area contributed by atoms with E-state index in [0.717, 1.165) is 54.2 Å². The molecule has 0 bridgehead atoms. The second-order valence-corrected chi connectivity index (χ2v) is 10.5. The van der Waals surface area contributed by atoms with Crippen LogP contribution in [-0.2, 0) is 30.7 Å². The van der Waals surface area contributed by atoms with Gasteiger partial charge in [-0.1, -0.05) is 44.2 Å². The highest BCUT2D eigenvalue weighted by atomic mass is 32.1. The van der Waals surface area contributed by atoms with E-state index in [4.69, 9.17) is 14.8 Å². The van der Waals surface area contributed by atoms with E-state index < -0.39 is 0 Å². The third-order valence-electron chi connectivity index (χ3n) is 6.55. The standard InChI is InChI=1S/C26H33N5O2S/c1-18(2)16-31-23-9-8-20(14-21(23)25(29-31)26(32)30-10-12-33-13-11-30)27-15-24-28-22(17-34-24)19-6-4-3-5-7-19/h3-7,17-18,20,27H,8-16H2,1-2H3/t20-/m0/s1. The molecule has 1 aromatic carbocycles. The van der Waals surface area contributed by atoms with E-state index in [9.17, 15) is 4.79 Å². The van der Waals surface area contributed by atoms with Gasteiger partial charge in [0.15, 0.2) is 5.69 Å². The molecule has 0 spiro atoms. The number of hydrogen-bond donors (Lipinski definition) is 1. The second kappa shape index (κ2) is 10.4. The summed E-state index contributed by atoms with van der Waals surface area (Å²) in [7, 11) is 0. The van der Waals surface area contributed by atoms with Crippen molar-refractivity contribution in [3.8, 4) is 11.3 Å². The van der Waals surface area contributed by atoms with Crippen LogP contribution in [0.2, 0.25) is 0 Å². The minimum Gasteiger partial charge on any atom is -0.378 e. The predicted octanol–water partition coefficient (Wildman–Crippen LogP) is 3.78. The number of aromatic nitrogens is 3. The van der Waals surface area contributed by atoms with Gasteiger partial charge in [0.05, 0.1) is 18.9 Å². The summed E-state index contributed by atoms with van der Waals surface area (Å²) < 4.78 is 7.54. The van der Waals surface area contributed by atoms with Crippen LogP contribution in [0, 0.1) is 5.92 Å². The number of thiazole rings is 1. The number of hydrogen-bond acceptors (Lipinski definition) is 6. The highest BCUT2D eigenvalue weighted by molar-refractivity contribution is 7.09. The average Bonchev–Trinajstić information content (AvgIpc) is 3.48. The van der Waals surface area contributed by atoms with Crippen LogP contribution in [-0.4, -0.2) is 57.9 Å². The Balaban J connectivity index is 1.30. The zero-order valence-electron chi connectivity index (χ0n) is 20.0. The molecule has 1 aliphatic heterocycles. The van der Waals surface area contributed by atoms with E-state index in [2.05, 4.69) is 41.4 Å². The fraction of sp³-hybridized carbons (Fsp3) is 0.500. The normalized spacial score (nSPS) is 18.3. The Labute approximate surface area is 205 Å². The molecule has 0 radical (unpaired) electrons. The SMILES string of the molecule is CC(C)Cn1nc(C(=O)N2CCOCC2)c2c1CC[C@H](NCc1nc(-c3ccccc3)cs1)C2. The van der Waals surface area contributed by atoms with Crippen molar-refractivity contribution in [2.24, 2.45) is 5.92 Å². The first-order chi connectivity index (χ1) is 16.6. The molecule has 1 fully saturated rings. The van der Waals surface area contributed by atoms with Crippen LogP contribution in [0.25, 0.3) is 11.3 Å². The molecule has 0 unspecified atom stereocenters. The Bertz CT molecular complexity index is 1120. The first kappa shape index (κ1) is 23.2. The first-order valence-corrected chi connectivity index (χ1v) is 13.1. The maximum Gasteiger partial charge on any atom is 0.274 e. The van der Waals surface area contributed by atoms with Crippen molar-refractivity contribution in [3.05, 3.63) is 57.7 Å². The lowest BCUT2D eigenvalue weighted by Gasteiger charge is -2.27. The lowest BCUT2D eigenvalue weighted by molar-refractivity contribution is 0.0297. The highest BCUT2D eigenvalue weighted by Gasteiger charge is 2.31. The van der Waals surface area contributed by atoms with Gasteiger partial charge in [-0.15, -0.1) is 11.3 Å². The molecule has 7 nitrogen and oxygen atoms in total. The van der Waals surface area contributed by atoms with Crippen molar-refractivity contribution >= 4 is 17.2 Å². The van der Waals surface area contributed by atoms with Crippen molar-refractivity contribution in [2.75, 3.05) is 26.3 Å². The van der Waals surface area contributed by atoms with Gasteiger partial charge in [-0.05, 0) is 25.2 Å². The largest absolute Gasteiger partial charge is 0.378 e. The Kier molecular flexibility index (Phi) is 7.08. The summed E-state index contributed by atoms with van der Waals surface area (Å²) in [5.74, 6) is 0.532. The van der Waals surface area contributed by atoms with Crippen molar-refractivity contribution in [1.82, 2.24) is 25.0 Å². The van der Waals surface area contributed by atoms with Gasteiger partial charge in [-0.3, -0.25) is 9.48 Å². The van der Waals surface area contributed by atoms with E-state index in [1.165, 1.54) is 5.69 Å². The second-order valence-electron chi connectivity index (χ2n) is 9.57. The maximum atomic E-state index is 13.4. The zero-order chi connectivity index (χ0) is 23.5. The number of nitrogens with zero attached hydrogens (tertiary/aromatic N) is 4. The lowest BCUT2D eigenvalue weighted by atomic mass is 9.91. The van der Waals surface area contributed by atoms with Crippen LogP contribution in [0.15, 0.2) is 35.7 Å². The first-order valence-electron chi connectivity index (χ1n) is 12.3. The lowest BCUT2D eigenvalue weighted by Crippen LogP contribution is -2.41. The molecule has 1 amide bonds. The topological polar surface area (TPSA) is 72.3 Å². The van der Waals surface area contributed by atoms with Gasteiger partial charge in [0.2, 0.25) is 0 Å². The van der Waals surface area contributed by atoms with E-state index >= 15 is 0 Å². The predicted molar refractivity (Wildman–Crippen MR) is 134 cm³/mol. The number of carbonyl (C=O) groups is 1. The number of benzene rings is 1. The summed E-state index contributed by atoms with van der Waals surface area (Å²) in [6, 6.07) is 10.6. The molecule has 1 atom stereocenters.